The molecule has 0 bridgehead atoms. The highest BCUT2D eigenvalue weighted by atomic mass is 16.3. The zero-order chi connectivity index (χ0) is 12.6. The Labute approximate surface area is 102 Å². The van der Waals surface area contributed by atoms with E-state index < -0.39 is 11.8 Å². The van der Waals surface area contributed by atoms with E-state index in [9.17, 15) is 10.2 Å². The van der Waals surface area contributed by atoms with Gasteiger partial charge in [0.25, 0.3) is 0 Å². The van der Waals surface area contributed by atoms with Crippen LogP contribution in [0.25, 0.3) is 0 Å². The van der Waals surface area contributed by atoms with Crippen LogP contribution in [0.4, 0.5) is 5.69 Å². The zero-order valence-corrected chi connectivity index (χ0v) is 10.7. The van der Waals surface area contributed by atoms with Crippen LogP contribution in [-0.4, -0.2) is 22.0 Å². The van der Waals surface area contributed by atoms with Crippen LogP contribution in [0.2, 0.25) is 0 Å². The standard InChI is InChI=1S/C14H21NO2/c1-9-6-13(16)15-12-5-4-10(7-11(9)12)8-14(2,3)17/h4-5,7,9,13,15-17H,6,8H2,1-3H3. The first-order valence-corrected chi connectivity index (χ1v) is 6.15. The second-order valence-electron chi connectivity index (χ2n) is 5.71. The molecule has 17 heavy (non-hydrogen) atoms. The maximum absolute atomic E-state index is 9.83. The Balaban J connectivity index is 2.27. The molecule has 3 N–H and O–H groups in total. The second kappa shape index (κ2) is 4.31. The zero-order valence-electron chi connectivity index (χ0n) is 10.7. The minimum absolute atomic E-state index is 0.350. The SMILES string of the molecule is CC1CC(O)Nc2ccc(CC(C)(C)O)cc21. The third-order valence-corrected chi connectivity index (χ3v) is 3.18. The quantitative estimate of drug-likeness (QED) is 0.737. The molecule has 0 spiro atoms. The average Bonchev–Trinajstić information content (AvgIpc) is 2.16. The number of hydrogen-bond acceptors (Lipinski definition) is 3. The summed E-state index contributed by atoms with van der Waals surface area (Å²) in [4.78, 5) is 0. The second-order valence-corrected chi connectivity index (χ2v) is 5.71. The Morgan fingerprint density at radius 3 is 2.76 bits per heavy atom. The first kappa shape index (κ1) is 12.4. The molecule has 1 aliphatic heterocycles. The third-order valence-electron chi connectivity index (χ3n) is 3.18. The summed E-state index contributed by atoms with van der Waals surface area (Å²) in [6, 6.07) is 6.14. The Hall–Kier alpha value is -1.06. The van der Waals surface area contributed by atoms with E-state index in [2.05, 4.69) is 18.3 Å². The molecule has 1 heterocycles. The van der Waals surface area contributed by atoms with Crippen LogP contribution in [-0.2, 0) is 6.42 Å². The molecule has 2 rings (SSSR count). The van der Waals surface area contributed by atoms with Crippen LogP contribution in [0.15, 0.2) is 18.2 Å². The lowest BCUT2D eigenvalue weighted by Crippen LogP contribution is -2.27. The highest BCUT2D eigenvalue weighted by Crippen LogP contribution is 2.34. The largest absolute Gasteiger partial charge is 0.390 e. The van der Waals surface area contributed by atoms with E-state index >= 15 is 0 Å². The highest BCUT2D eigenvalue weighted by Gasteiger charge is 2.23. The topological polar surface area (TPSA) is 52.5 Å². The van der Waals surface area contributed by atoms with E-state index in [1.54, 1.807) is 0 Å². The van der Waals surface area contributed by atoms with Gasteiger partial charge in [-0.05, 0) is 43.4 Å². The average molecular weight is 235 g/mol. The molecule has 1 aliphatic rings. The van der Waals surface area contributed by atoms with E-state index in [0.29, 0.717) is 12.3 Å². The number of anilines is 1. The van der Waals surface area contributed by atoms with Gasteiger partial charge in [-0.1, -0.05) is 19.1 Å². The van der Waals surface area contributed by atoms with Crippen LogP contribution in [0.5, 0.6) is 0 Å². The van der Waals surface area contributed by atoms with Crippen molar-refractivity contribution in [2.24, 2.45) is 0 Å². The molecule has 1 aromatic carbocycles. The summed E-state index contributed by atoms with van der Waals surface area (Å²) >= 11 is 0. The minimum Gasteiger partial charge on any atom is -0.390 e. The Kier molecular flexibility index (Phi) is 3.15. The molecule has 0 aromatic heterocycles. The predicted octanol–water partition coefficient (Wildman–Crippen LogP) is 2.24. The summed E-state index contributed by atoms with van der Waals surface area (Å²) in [5.74, 6) is 0.350. The fourth-order valence-electron chi connectivity index (χ4n) is 2.46. The van der Waals surface area contributed by atoms with E-state index in [-0.39, 0.29) is 0 Å². The van der Waals surface area contributed by atoms with Crippen molar-refractivity contribution in [3.8, 4) is 0 Å². The molecule has 0 saturated carbocycles. The van der Waals surface area contributed by atoms with Crippen molar-refractivity contribution >= 4 is 5.69 Å². The fraction of sp³-hybridized carbons (Fsp3) is 0.571. The summed E-state index contributed by atoms with van der Waals surface area (Å²) in [5.41, 5.74) is 2.70. The Morgan fingerprint density at radius 1 is 1.41 bits per heavy atom. The molecule has 0 fully saturated rings. The van der Waals surface area contributed by atoms with Crippen LogP contribution < -0.4 is 5.32 Å². The number of aliphatic hydroxyl groups excluding tert-OH is 1. The van der Waals surface area contributed by atoms with Gasteiger partial charge in [-0.25, -0.2) is 0 Å². The fourth-order valence-corrected chi connectivity index (χ4v) is 2.46. The molecule has 3 heteroatoms. The molecule has 3 nitrogen and oxygen atoms in total. The molecule has 0 saturated heterocycles. The summed E-state index contributed by atoms with van der Waals surface area (Å²) < 4.78 is 0. The van der Waals surface area contributed by atoms with Crippen molar-refractivity contribution in [1.82, 2.24) is 0 Å². The normalized spacial score (nSPS) is 24.1. The first-order chi connectivity index (χ1) is 7.85. The minimum atomic E-state index is -0.681. The summed E-state index contributed by atoms with van der Waals surface area (Å²) in [6.45, 7) is 5.76. The highest BCUT2D eigenvalue weighted by molar-refractivity contribution is 5.56. The lowest BCUT2D eigenvalue weighted by atomic mass is 9.88. The molecule has 0 amide bonds. The van der Waals surface area contributed by atoms with Gasteiger partial charge in [0, 0.05) is 12.1 Å². The third kappa shape index (κ3) is 2.99. The van der Waals surface area contributed by atoms with E-state index in [4.69, 9.17) is 0 Å². The summed E-state index contributed by atoms with van der Waals surface area (Å²) in [5, 5.41) is 22.5. The Bertz CT molecular complexity index is 409. The van der Waals surface area contributed by atoms with E-state index in [0.717, 1.165) is 17.7 Å². The molecule has 0 aliphatic carbocycles. The van der Waals surface area contributed by atoms with Crippen molar-refractivity contribution in [2.75, 3.05) is 5.32 Å². The van der Waals surface area contributed by atoms with Gasteiger partial charge < -0.3 is 15.5 Å². The Morgan fingerprint density at radius 2 is 2.12 bits per heavy atom. The van der Waals surface area contributed by atoms with Crippen LogP contribution in [0.3, 0.4) is 0 Å². The van der Waals surface area contributed by atoms with Crippen LogP contribution in [0.1, 0.15) is 44.2 Å². The van der Waals surface area contributed by atoms with Gasteiger partial charge in [-0.15, -0.1) is 0 Å². The van der Waals surface area contributed by atoms with Gasteiger partial charge in [-0.3, -0.25) is 0 Å². The molecule has 0 radical (unpaired) electrons. The predicted molar refractivity (Wildman–Crippen MR) is 69.1 cm³/mol. The van der Waals surface area contributed by atoms with Gasteiger partial charge >= 0.3 is 0 Å². The van der Waals surface area contributed by atoms with Crippen LogP contribution >= 0.6 is 0 Å². The van der Waals surface area contributed by atoms with Gasteiger partial charge in [-0.2, -0.15) is 0 Å². The van der Waals surface area contributed by atoms with Gasteiger partial charge in [0.2, 0.25) is 0 Å². The number of benzene rings is 1. The molecule has 94 valence electrons. The maximum atomic E-state index is 9.83. The lowest BCUT2D eigenvalue weighted by molar-refractivity contribution is 0.0809. The van der Waals surface area contributed by atoms with Gasteiger partial charge in [0.1, 0.15) is 6.23 Å². The van der Waals surface area contributed by atoms with Gasteiger partial charge in [0.15, 0.2) is 0 Å². The maximum Gasteiger partial charge on any atom is 0.125 e. The van der Waals surface area contributed by atoms with E-state index in [1.807, 2.05) is 26.0 Å². The van der Waals surface area contributed by atoms with Crippen molar-refractivity contribution in [2.45, 2.75) is 51.4 Å². The number of hydrogen-bond donors (Lipinski definition) is 3. The summed E-state index contributed by atoms with van der Waals surface area (Å²) in [7, 11) is 0. The first-order valence-electron chi connectivity index (χ1n) is 6.15. The van der Waals surface area contributed by atoms with Crippen molar-refractivity contribution in [3.63, 3.8) is 0 Å². The summed E-state index contributed by atoms with van der Waals surface area (Å²) in [6.07, 6.45) is 0.937. The van der Waals surface area contributed by atoms with Crippen molar-refractivity contribution < 1.29 is 10.2 Å². The molecular formula is C14H21NO2. The van der Waals surface area contributed by atoms with E-state index in [1.165, 1.54) is 5.56 Å². The van der Waals surface area contributed by atoms with Crippen molar-refractivity contribution in [3.05, 3.63) is 29.3 Å². The lowest BCUT2D eigenvalue weighted by Gasteiger charge is -2.29. The molecular weight excluding hydrogens is 214 g/mol. The molecule has 2 unspecified atom stereocenters. The number of nitrogens with one attached hydrogen (secondary N) is 1. The number of fused-ring (bicyclic) bond motifs is 1. The van der Waals surface area contributed by atoms with Gasteiger partial charge in [0.05, 0.1) is 5.60 Å². The number of rotatable bonds is 2. The number of aliphatic hydroxyl groups is 2. The smallest absolute Gasteiger partial charge is 0.125 e. The molecule has 2 atom stereocenters. The van der Waals surface area contributed by atoms with Crippen LogP contribution in [0, 0.1) is 0 Å². The van der Waals surface area contributed by atoms with Crippen molar-refractivity contribution in [1.29, 1.82) is 0 Å². The monoisotopic (exact) mass is 235 g/mol. The molecule has 1 aromatic rings.